The topological polar surface area (TPSA) is 43.6 Å². The fraction of sp³-hybridized carbons (Fsp3) is 0.222. The zero-order valence-corrected chi connectivity index (χ0v) is 11.1. The van der Waals surface area contributed by atoms with Crippen molar-refractivity contribution in [1.29, 1.82) is 0 Å². The SMILES string of the molecule is Cc1nn(-c2cc(Cl)ncn2)c(C)c1I. The molecule has 0 bridgehead atoms. The van der Waals surface area contributed by atoms with Crippen molar-refractivity contribution in [2.75, 3.05) is 0 Å². The van der Waals surface area contributed by atoms with Crippen LogP contribution in [0.4, 0.5) is 0 Å². The molecule has 2 aromatic heterocycles. The van der Waals surface area contributed by atoms with E-state index in [2.05, 4.69) is 37.7 Å². The zero-order valence-electron chi connectivity index (χ0n) is 8.20. The third-order valence-corrected chi connectivity index (χ3v) is 3.81. The van der Waals surface area contributed by atoms with Crippen molar-refractivity contribution in [3.8, 4) is 5.82 Å². The monoisotopic (exact) mass is 334 g/mol. The highest BCUT2D eigenvalue weighted by Gasteiger charge is 2.11. The van der Waals surface area contributed by atoms with Crippen LogP contribution < -0.4 is 0 Å². The predicted octanol–water partition coefficient (Wildman–Crippen LogP) is 2.54. The average Bonchev–Trinajstić information content (AvgIpc) is 2.46. The fourth-order valence-corrected chi connectivity index (χ4v) is 1.76. The molecule has 0 fully saturated rings. The Morgan fingerprint density at radius 3 is 2.60 bits per heavy atom. The second kappa shape index (κ2) is 4.05. The Balaban J connectivity index is 2.59. The summed E-state index contributed by atoms with van der Waals surface area (Å²) < 4.78 is 2.91. The lowest BCUT2D eigenvalue weighted by molar-refractivity contribution is 0.800. The first kappa shape index (κ1) is 10.8. The molecule has 0 amide bonds. The molecule has 0 N–H and O–H groups in total. The highest BCUT2D eigenvalue weighted by Crippen LogP contribution is 2.18. The van der Waals surface area contributed by atoms with Gasteiger partial charge in [-0.3, -0.25) is 0 Å². The summed E-state index contributed by atoms with van der Waals surface area (Å²) in [6, 6.07) is 1.69. The van der Waals surface area contributed by atoms with Crippen molar-refractivity contribution in [3.63, 3.8) is 0 Å². The van der Waals surface area contributed by atoms with Crippen LogP contribution in [0.5, 0.6) is 0 Å². The van der Waals surface area contributed by atoms with Crippen LogP contribution in [-0.4, -0.2) is 19.7 Å². The Morgan fingerprint density at radius 1 is 1.33 bits per heavy atom. The molecular formula is C9H8ClIN4. The normalized spacial score (nSPS) is 10.7. The Labute approximate surface area is 106 Å². The summed E-state index contributed by atoms with van der Waals surface area (Å²) in [5, 5.41) is 4.80. The molecule has 0 aromatic carbocycles. The Morgan fingerprint density at radius 2 is 2.07 bits per heavy atom. The van der Waals surface area contributed by atoms with Crippen molar-refractivity contribution < 1.29 is 0 Å². The van der Waals surface area contributed by atoms with Crippen molar-refractivity contribution in [3.05, 3.63) is 32.5 Å². The lowest BCUT2D eigenvalue weighted by atomic mass is 10.4. The highest BCUT2D eigenvalue weighted by atomic mass is 127. The Bertz CT molecular complexity index is 509. The van der Waals surface area contributed by atoms with Crippen LogP contribution >= 0.6 is 34.2 Å². The van der Waals surface area contributed by atoms with Crippen LogP contribution in [-0.2, 0) is 0 Å². The maximum atomic E-state index is 5.80. The van der Waals surface area contributed by atoms with E-state index in [9.17, 15) is 0 Å². The molecular weight excluding hydrogens is 326 g/mol. The summed E-state index contributed by atoms with van der Waals surface area (Å²) in [5.41, 5.74) is 2.05. The van der Waals surface area contributed by atoms with Crippen LogP contribution in [0.25, 0.3) is 5.82 Å². The van der Waals surface area contributed by atoms with Gasteiger partial charge in [-0.25, -0.2) is 14.6 Å². The van der Waals surface area contributed by atoms with Crippen LogP contribution in [0.3, 0.4) is 0 Å². The molecule has 2 heterocycles. The molecule has 0 radical (unpaired) electrons. The van der Waals surface area contributed by atoms with E-state index in [0.29, 0.717) is 11.0 Å². The summed E-state index contributed by atoms with van der Waals surface area (Å²) in [6.45, 7) is 3.96. The summed E-state index contributed by atoms with van der Waals surface area (Å²) in [7, 11) is 0. The Hall–Kier alpha value is -0.690. The standard InChI is InChI=1S/C9H8ClIN4/c1-5-9(11)6(2)15(14-5)8-3-7(10)12-4-13-8/h3-4H,1-2H3. The summed E-state index contributed by atoms with van der Waals surface area (Å²) in [6.07, 6.45) is 1.43. The average molecular weight is 335 g/mol. The molecule has 0 aliphatic rings. The van der Waals surface area contributed by atoms with Gasteiger partial charge in [-0.2, -0.15) is 5.10 Å². The first-order chi connectivity index (χ1) is 7.09. The smallest absolute Gasteiger partial charge is 0.158 e. The van der Waals surface area contributed by atoms with Crippen molar-refractivity contribution in [2.24, 2.45) is 0 Å². The first-order valence-corrected chi connectivity index (χ1v) is 5.75. The fourth-order valence-electron chi connectivity index (χ4n) is 1.29. The third-order valence-electron chi connectivity index (χ3n) is 2.04. The van der Waals surface area contributed by atoms with E-state index in [-0.39, 0.29) is 0 Å². The number of nitrogens with zero attached hydrogens (tertiary/aromatic N) is 4. The quantitative estimate of drug-likeness (QED) is 0.594. The molecule has 0 spiro atoms. The summed E-state index contributed by atoms with van der Waals surface area (Å²) in [4.78, 5) is 7.96. The van der Waals surface area contributed by atoms with Gasteiger partial charge in [0, 0.05) is 6.07 Å². The van der Waals surface area contributed by atoms with Gasteiger partial charge < -0.3 is 0 Å². The number of halogens is 2. The van der Waals surface area contributed by atoms with E-state index in [4.69, 9.17) is 11.6 Å². The van der Waals surface area contributed by atoms with Gasteiger partial charge in [-0.05, 0) is 36.4 Å². The van der Waals surface area contributed by atoms with Crippen LogP contribution in [0, 0.1) is 17.4 Å². The molecule has 0 aliphatic carbocycles. The number of aryl methyl sites for hydroxylation is 1. The second-order valence-corrected chi connectivity index (χ2v) is 4.56. The van der Waals surface area contributed by atoms with Gasteiger partial charge in [0.15, 0.2) is 5.82 Å². The number of rotatable bonds is 1. The summed E-state index contributed by atoms with van der Waals surface area (Å²) >= 11 is 8.07. The van der Waals surface area contributed by atoms with Crippen molar-refractivity contribution in [2.45, 2.75) is 13.8 Å². The minimum Gasteiger partial charge on any atom is -0.224 e. The predicted molar refractivity (Wildman–Crippen MR) is 66.4 cm³/mol. The molecule has 0 saturated heterocycles. The molecule has 0 unspecified atom stereocenters. The van der Waals surface area contributed by atoms with E-state index in [1.54, 1.807) is 10.7 Å². The van der Waals surface area contributed by atoms with Gasteiger partial charge in [0.1, 0.15) is 11.5 Å². The van der Waals surface area contributed by atoms with E-state index in [1.807, 2.05) is 13.8 Å². The van der Waals surface area contributed by atoms with Gasteiger partial charge in [-0.15, -0.1) is 0 Å². The first-order valence-electron chi connectivity index (χ1n) is 4.29. The number of hydrogen-bond acceptors (Lipinski definition) is 3. The molecule has 0 aliphatic heterocycles. The van der Waals surface area contributed by atoms with Crippen molar-refractivity contribution >= 4 is 34.2 Å². The maximum absolute atomic E-state index is 5.80. The lowest BCUT2D eigenvalue weighted by Gasteiger charge is -2.02. The largest absolute Gasteiger partial charge is 0.224 e. The van der Waals surface area contributed by atoms with Crippen molar-refractivity contribution in [1.82, 2.24) is 19.7 Å². The highest BCUT2D eigenvalue weighted by molar-refractivity contribution is 14.1. The second-order valence-electron chi connectivity index (χ2n) is 3.10. The number of aromatic nitrogens is 4. The van der Waals surface area contributed by atoms with Crippen LogP contribution in [0.2, 0.25) is 5.15 Å². The minimum absolute atomic E-state index is 0.419. The minimum atomic E-state index is 0.419. The third kappa shape index (κ3) is 1.98. The van der Waals surface area contributed by atoms with Crippen LogP contribution in [0.1, 0.15) is 11.4 Å². The van der Waals surface area contributed by atoms with E-state index in [1.165, 1.54) is 6.33 Å². The van der Waals surface area contributed by atoms with Gasteiger partial charge in [0.25, 0.3) is 0 Å². The molecule has 2 rings (SSSR count). The lowest BCUT2D eigenvalue weighted by Crippen LogP contribution is -2.02. The molecule has 0 atom stereocenters. The summed E-state index contributed by atoms with van der Waals surface area (Å²) in [5.74, 6) is 0.693. The van der Waals surface area contributed by atoms with Crippen LogP contribution in [0.15, 0.2) is 12.4 Å². The van der Waals surface area contributed by atoms with Gasteiger partial charge in [0.05, 0.1) is 15.0 Å². The number of hydrogen-bond donors (Lipinski definition) is 0. The molecule has 2 aromatic rings. The van der Waals surface area contributed by atoms with E-state index in [0.717, 1.165) is 15.0 Å². The molecule has 4 nitrogen and oxygen atoms in total. The van der Waals surface area contributed by atoms with E-state index >= 15 is 0 Å². The van der Waals surface area contributed by atoms with Gasteiger partial charge in [0.2, 0.25) is 0 Å². The van der Waals surface area contributed by atoms with Gasteiger partial charge >= 0.3 is 0 Å². The maximum Gasteiger partial charge on any atom is 0.158 e. The molecule has 15 heavy (non-hydrogen) atoms. The van der Waals surface area contributed by atoms with E-state index < -0.39 is 0 Å². The van der Waals surface area contributed by atoms with Gasteiger partial charge in [-0.1, -0.05) is 11.6 Å². The molecule has 0 saturated carbocycles. The molecule has 78 valence electrons. The Kier molecular flexibility index (Phi) is 2.92. The molecule has 6 heteroatoms. The zero-order chi connectivity index (χ0) is 11.0.